The summed E-state index contributed by atoms with van der Waals surface area (Å²) in [5, 5.41) is 0. The zero-order valence-electron chi connectivity index (χ0n) is 50.8. The molecule has 0 aromatic heterocycles. The van der Waals surface area contributed by atoms with Crippen molar-refractivity contribution in [2.24, 2.45) is 225 Å². The van der Waals surface area contributed by atoms with Crippen LogP contribution in [0.25, 0.3) is 0 Å². The third-order valence-corrected chi connectivity index (χ3v) is 33.2. The van der Waals surface area contributed by atoms with E-state index in [4.69, 9.17) is 0 Å². The molecular formula is C79H142. The van der Waals surface area contributed by atoms with E-state index in [1.165, 1.54) is 12.8 Å². The van der Waals surface area contributed by atoms with Crippen LogP contribution in [0.1, 0.15) is 242 Å². The van der Waals surface area contributed by atoms with Crippen molar-refractivity contribution >= 4 is 0 Å². The molecule has 10 fully saturated rings. The molecule has 458 valence electrons. The molecule has 0 N–H and O–H groups in total. The topological polar surface area (TPSA) is 0 Å². The average Bonchev–Trinajstić information content (AvgIpc) is 3.50. The predicted octanol–water partition coefficient (Wildman–Crippen LogP) is 22.7. The van der Waals surface area contributed by atoms with Gasteiger partial charge in [-0.1, -0.05) is 177 Å². The van der Waals surface area contributed by atoms with Crippen LogP contribution in [0.2, 0.25) is 0 Å². The van der Waals surface area contributed by atoms with E-state index in [1.807, 2.05) is 16.7 Å². The Morgan fingerprint density at radius 2 is 0.430 bits per heavy atom. The summed E-state index contributed by atoms with van der Waals surface area (Å²) >= 11 is 0. The molecule has 10 saturated carbocycles. The van der Waals surface area contributed by atoms with Crippen molar-refractivity contribution in [1.82, 2.24) is 0 Å². The van der Waals surface area contributed by atoms with E-state index in [0.29, 0.717) is 0 Å². The van der Waals surface area contributed by atoms with Gasteiger partial charge in [0.05, 0.1) is 0 Å². The van der Waals surface area contributed by atoms with E-state index < -0.39 is 0 Å². The van der Waals surface area contributed by atoms with Crippen LogP contribution in [-0.2, 0) is 12.8 Å². The van der Waals surface area contributed by atoms with E-state index in [9.17, 15) is 0 Å². The fraction of sp³-hybridized carbons (Fsp3) is 0.924. The zero-order valence-corrected chi connectivity index (χ0v) is 50.8. The van der Waals surface area contributed by atoms with Gasteiger partial charge in [0.15, 0.2) is 0 Å². The summed E-state index contributed by atoms with van der Waals surface area (Å²) in [7, 11) is 0. The van der Waals surface area contributed by atoms with E-state index in [0.717, 1.165) is 231 Å². The highest BCUT2D eigenvalue weighted by Crippen LogP contribution is 2.76. The highest BCUT2D eigenvalue weighted by molar-refractivity contribution is 5.56. The molecule has 79 heavy (non-hydrogen) atoms. The lowest BCUT2D eigenvalue weighted by Gasteiger charge is -2.72. The molecule has 12 aliphatic carbocycles. The lowest BCUT2D eigenvalue weighted by molar-refractivity contribution is -0.235. The van der Waals surface area contributed by atoms with E-state index in [2.05, 4.69) is 145 Å². The van der Waals surface area contributed by atoms with Crippen LogP contribution in [0.15, 0.2) is 0 Å². The van der Waals surface area contributed by atoms with Crippen LogP contribution < -0.4 is 0 Å². The Hall–Kier alpha value is -0.780. The second kappa shape index (κ2) is 22.8. The summed E-state index contributed by atoms with van der Waals surface area (Å²) in [5.74, 6) is 34.6. The summed E-state index contributed by atoms with van der Waals surface area (Å²) in [4.78, 5) is 0. The summed E-state index contributed by atoms with van der Waals surface area (Å²) in [6, 6.07) is 0. The Kier molecular flexibility index (Phi) is 19.5. The molecule has 1 aromatic rings. The quantitative estimate of drug-likeness (QED) is 0.243. The van der Waals surface area contributed by atoms with Crippen molar-refractivity contribution in [1.29, 1.82) is 0 Å². The molecule has 0 heterocycles. The van der Waals surface area contributed by atoms with Crippen LogP contribution in [-0.4, -0.2) is 0 Å². The first-order valence-electron chi connectivity index (χ1n) is 33.1. The lowest BCUT2D eigenvalue weighted by atomic mass is 9.32. The van der Waals surface area contributed by atoms with Gasteiger partial charge in [0.25, 0.3) is 0 Å². The van der Waals surface area contributed by atoms with Crippen molar-refractivity contribution in [2.45, 2.75) is 242 Å². The lowest BCUT2D eigenvalue weighted by Crippen LogP contribution is -2.67. The molecule has 0 saturated heterocycles. The van der Waals surface area contributed by atoms with Crippen molar-refractivity contribution in [3.05, 3.63) is 33.4 Å². The predicted molar refractivity (Wildman–Crippen MR) is 351 cm³/mol. The summed E-state index contributed by atoms with van der Waals surface area (Å²) in [6.45, 7) is 58.3. The monoisotopic (exact) mass is 1090 g/mol. The standard InChI is InChI=1S/C72H114.7CH4/c1-28-30(3)43(16)61-49(35(28)8)22-51-37(10)32(5)39(12)53-24-57-45(18)59-26-55-41(14)34(7)42(15)56-27-60-46(19)58-25-54-40(13)33(6)38(11)52-23-50-36(9)29(2)31(4)44(17)62(50)71(68(52)54)64(58)48(21)66(60)72(69(55)56)65(59)47(20)63(57)70(61)67(51)53;;;;;;;/h28-33,35-40,43-54,57-68,70-72H,22-27H2,1-21H3;7*1H4. The second-order valence-corrected chi connectivity index (χ2v) is 33.0. The van der Waals surface area contributed by atoms with Gasteiger partial charge in [-0.2, -0.15) is 0 Å². The van der Waals surface area contributed by atoms with E-state index >= 15 is 0 Å². The molecule has 12 aliphatic rings. The Labute approximate surface area is 497 Å². The first kappa shape index (κ1) is 67.3. The van der Waals surface area contributed by atoms with Crippen molar-refractivity contribution in [3.63, 3.8) is 0 Å². The molecular weight excluding hydrogens is 949 g/mol. The minimum atomic E-state index is 0. The maximum atomic E-state index is 3.02. The second-order valence-electron chi connectivity index (χ2n) is 33.0. The minimum Gasteiger partial charge on any atom is -0.0776 e. The molecule has 0 nitrogen and oxygen atoms in total. The fourth-order valence-electron chi connectivity index (χ4n) is 28.2. The minimum absolute atomic E-state index is 0. The van der Waals surface area contributed by atoms with Crippen LogP contribution in [0, 0.1) is 246 Å². The number of benzene rings is 1. The third kappa shape index (κ3) is 8.46. The van der Waals surface area contributed by atoms with Gasteiger partial charge >= 0.3 is 0 Å². The highest BCUT2D eigenvalue weighted by atomic mass is 14.8. The van der Waals surface area contributed by atoms with Gasteiger partial charge in [-0.05, 0) is 323 Å². The highest BCUT2D eigenvalue weighted by Gasteiger charge is 2.71. The van der Waals surface area contributed by atoms with Gasteiger partial charge in [0, 0.05) is 0 Å². The van der Waals surface area contributed by atoms with Gasteiger partial charge in [-0.3, -0.25) is 0 Å². The molecule has 38 unspecified atom stereocenters. The normalized spacial score (nSPS) is 57.3. The molecule has 0 radical (unpaired) electrons. The molecule has 38 atom stereocenters. The fourth-order valence-corrected chi connectivity index (χ4v) is 28.2. The molecule has 1 aromatic carbocycles. The molecule has 13 rings (SSSR count). The Balaban J connectivity index is 0.00000144. The number of rotatable bonds is 0. The maximum Gasteiger partial charge on any atom is -0.00886 e. The number of hydrogen-bond donors (Lipinski definition) is 0. The van der Waals surface area contributed by atoms with Gasteiger partial charge in [0.1, 0.15) is 0 Å². The molecule has 0 amide bonds. The summed E-state index contributed by atoms with van der Waals surface area (Å²) in [5.41, 5.74) is 11.0. The Morgan fingerprint density at radius 3 is 0.722 bits per heavy atom. The molecule has 0 bridgehead atoms. The van der Waals surface area contributed by atoms with Crippen LogP contribution in [0.5, 0.6) is 0 Å². The summed E-state index contributed by atoms with van der Waals surface area (Å²) in [6.07, 6.45) is 9.05. The smallest absolute Gasteiger partial charge is 0.00886 e. The first-order chi connectivity index (χ1) is 34.0. The zero-order chi connectivity index (χ0) is 51.2. The van der Waals surface area contributed by atoms with E-state index in [1.54, 1.807) is 42.4 Å². The van der Waals surface area contributed by atoms with Crippen LogP contribution in [0.3, 0.4) is 0 Å². The van der Waals surface area contributed by atoms with Gasteiger partial charge < -0.3 is 0 Å². The molecule has 0 aliphatic heterocycles. The van der Waals surface area contributed by atoms with Crippen molar-refractivity contribution in [3.8, 4) is 0 Å². The molecule has 0 spiro atoms. The largest absolute Gasteiger partial charge is 0.0776 e. The maximum absolute atomic E-state index is 3.02. The van der Waals surface area contributed by atoms with Crippen LogP contribution >= 0.6 is 0 Å². The van der Waals surface area contributed by atoms with E-state index in [-0.39, 0.29) is 52.0 Å². The first-order valence-corrected chi connectivity index (χ1v) is 33.1. The Bertz CT molecular complexity index is 2090. The third-order valence-electron chi connectivity index (χ3n) is 33.2. The molecule has 0 heteroatoms. The van der Waals surface area contributed by atoms with Crippen molar-refractivity contribution in [2.75, 3.05) is 0 Å². The SMILES string of the molecule is C.C.C.C.C.C.C.Cc1c(C)c2c3c(c1C)CC1C(C)C4CC5C(C)C(C)C(C)C6CC7C(C)C(C)C(C)C(C)C7C(C4C(C)C1C3C1C(C)C3C(CC4C(C)C(C)C(C)C7CC8C(C)C(C)C(C)C(C)C8C3C74)C(C)C1C2)C65. The van der Waals surface area contributed by atoms with Crippen LogP contribution in [0.4, 0.5) is 0 Å². The van der Waals surface area contributed by atoms with Gasteiger partial charge in [0.2, 0.25) is 0 Å². The summed E-state index contributed by atoms with van der Waals surface area (Å²) < 4.78 is 0. The number of hydrogen-bond acceptors (Lipinski definition) is 0. The number of fused-ring (bicyclic) bond motifs is 12. The Morgan fingerprint density at radius 1 is 0.203 bits per heavy atom. The van der Waals surface area contributed by atoms with Crippen molar-refractivity contribution < 1.29 is 0 Å². The average molecular weight is 1090 g/mol. The van der Waals surface area contributed by atoms with Gasteiger partial charge in [-0.15, -0.1) is 0 Å². The van der Waals surface area contributed by atoms with Gasteiger partial charge in [-0.25, -0.2) is 0 Å².